The van der Waals surface area contributed by atoms with Crippen LogP contribution < -0.4 is 5.32 Å². The van der Waals surface area contributed by atoms with E-state index in [0.717, 1.165) is 5.56 Å². The molecule has 0 amide bonds. The predicted octanol–water partition coefficient (Wildman–Crippen LogP) is 1.31. The topological polar surface area (TPSA) is 72.2 Å². The second-order valence-electron chi connectivity index (χ2n) is 3.21. The van der Waals surface area contributed by atoms with Crippen molar-refractivity contribution < 1.29 is 9.72 Å². The third-order valence-electron chi connectivity index (χ3n) is 2.07. The Morgan fingerprint density at radius 2 is 2.20 bits per heavy atom. The summed E-state index contributed by atoms with van der Waals surface area (Å²) < 4.78 is 0. The Bertz CT molecular complexity index is 402. The van der Waals surface area contributed by atoms with Crippen molar-refractivity contribution in [3.63, 3.8) is 0 Å². The van der Waals surface area contributed by atoms with E-state index in [2.05, 4.69) is 5.32 Å². The Morgan fingerprint density at radius 1 is 1.53 bits per heavy atom. The molecule has 1 aromatic rings. The number of hydrogen-bond donors (Lipinski definition) is 1. The molecule has 5 nitrogen and oxygen atoms in total. The fourth-order valence-electron chi connectivity index (χ4n) is 1.28. The number of nitrogens with zero attached hydrogens (tertiary/aromatic N) is 1. The van der Waals surface area contributed by atoms with Crippen LogP contribution in [-0.4, -0.2) is 24.3 Å². The van der Waals surface area contributed by atoms with E-state index >= 15 is 0 Å². The highest BCUT2D eigenvalue weighted by Gasteiger charge is 2.13. The molecule has 0 saturated heterocycles. The van der Waals surface area contributed by atoms with Crippen molar-refractivity contribution in [2.75, 3.05) is 13.6 Å². The standard InChI is InChI=1S/C10H12N2O3/c1-7-3-4-8(12(14)15)5-9(7)10(13)6-11-2/h3-5,11H,6H2,1-2H3. The number of ketones is 1. The largest absolute Gasteiger partial charge is 0.313 e. The van der Waals surface area contributed by atoms with Crippen molar-refractivity contribution >= 4 is 11.5 Å². The Morgan fingerprint density at radius 3 is 2.73 bits per heavy atom. The quantitative estimate of drug-likeness (QED) is 0.460. The number of likely N-dealkylation sites (N-methyl/N-ethyl adjacent to an activating group) is 1. The van der Waals surface area contributed by atoms with Crippen LogP contribution >= 0.6 is 0 Å². The summed E-state index contributed by atoms with van der Waals surface area (Å²) in [6, 6.07) is 4.29. The number of benzene rings is 1. The molecule has 0 spiro atoms. The number of nitro groups is 1. The third-order valence-corrected chi connectivity index (χ3v) is 2.07. The van der Waals surface area contributed by atoms with E-state index in [4.69, 9.17) is 0 Å². The van der Waals surface area contributed by atoms with Gasteiger partial charge >= 0.3 is 0 Å². The summed E-state index contributed by atoms with van der Waals surface area (Å²) in [5, 5.41) is 13.2. The zero-order valence-corrected chi connectivity index (χ0v) is 8.61. The lowest BCUT2D eigenvalue weighted by atomic mass is 10.0. The van der Waals surface area contributed by atoms with Crippen LogP contribution in [0.15, 0.2) is 18.2 Å². The normalized spacial score (nSPS) is 10.0. The van der Waals surface area contributed by atoms with Crippen LogP contribution in [0, 0.1) is 17.0 Å². The molecular weight excluding hydrogens is 196 g/mol. The molecule has 0 saturated carbocycles. The second kappa shape index (κ2) is 4.65. The van der Waals surface area contributed by atoms with Gasteiger partial charge in [-0.1, -0.05) is 6.07 Å². The summed E-state index contributed by atoms with van der Waals surface area (Å²) in [7, 11) is 1.66. The molecule has 5 heteroatoms. The number of aryl methyl sites for hydroxylation is 1. The minimum Gasteiger partial charge on any atom is -0.313 e. The minimum absolute atomic E-state index is 0.0555. The van der Waals surface area contributed by atoms with E-state index < -0.39 is 4.92 Å². The molecule has 0 aliphatic rings. The molecule has 0 atom stereocenters. The maximum Gasteiger partial charge on any atom is 0.270 e. The Kier molecular flexibility index (Phi) is 3.51. The van der Waals surface area contributed by atoms with Crippen LogP contribution in [0.4, 0.5) is 5.69 Å². The van der Waals surface area contributed by atoms with Gasteiger partial charge in [-0.15, -0.1) is 0 Å². The molecular formula is C10H12N2O3. The second-order valence-corrected chi connectivity index (χ2v) is 3.21. The SMILES string of the molecule is CNCC(=O)c1cc([N+](=O)[O-])ccc1C. The average Bonchev–Trinajstić information content (AvgIpc) is 2.18. The van der Waals surface area contributed by atoms with Gasteiger partial charge < -0.3 is 5.32 Å². The van der Waals surface area contributed by atoms with Crippen molar-refractivity contribution in [3.8, 4) is 0 Å². The van der Waals surface area contributed by atoms with E-state index in [1.165, 1.54) is 12.1 Å². The number of carbonyl (C=O) groups excluding carboxylic acids is 1. The number of hydrogen-bond acceptors (Lipinski definition) is 4. The van der Waals surface area contributed by atoms with Gasteiger partial charge in [-0.05, 0) is 19.5 Å². The molecule has 0 heterocycles. The number of rotatable bonds is 4. The zero-order valence-electron chi connectivity index (χ0n) is 8.61. The number of nitrogens with one attached hydrogen (secondary N) is 1. The van der Waals surface area contributed by atoms with Crippen LogP contribution in [0.3, 0.4) is 0 Å². The third kappa shape index (κ3) is 2.60. The van der Waals surface area contributed by atoms with Gasteiger partial charge in [0.15, 0.2) is 5.78 Å². The van der Waals surface area contributed by atoms with Crippen molar-refractivity contribution in [2.24, 2.45) is 0 Å². The zero-order chi connectivity index (χ0) is 11.4. The highest BCUT2D eigenvalue weighted by molar-refractivity contribution is 5.99. The van der Waals surface area contributed by atoms with Crippen LogP contribution in [-0.2, 0) is 0 Å². The van der Waals surface area contributed by atoms with Gasteiger partial charge in [-0.25, -0.2) is 0 Å². The lowest BCUT2D eigenvalue weighted by Gasteiger charge is -2.03. The summed E-state index contributed by atoms with van der Waals surface area (Å²) in [5.41, 5.74) is 1.10. The van der Waals surface area contributed by atoms with E-state index in [1.807, 2.05) is 0 Å². The molecule has 1 rings (SSSR count). The predicted molar refractivity (Wildman–Crippen MR) is 56.1 cm³/mol. The van der Waals surface area contributed by atoms with Crippen molar-refractivity contribution in [1.29, 1.82) is 0 Å². The van der Waals surface area contributed by atoms with Gasteiger partial charge in [0.2, 0.25) is 0 Å². The van der Waals surface area contributed by atoms with E-state index in [-0.39, 0.29) is 18.0 Å². The molecule has 0 aromatic heterocycles. The molecule has 1 N–H and O–H groups in total. The lowest BCUT2D eigenvalue weighted by Crippen LogP contribution is -2.19. The molecule has 0 bridgehead atoms. The maximum absolute atomic E-state index is 11.6. The van der Waals surface area contributed by atoms with Crippen molar-refractivity contribution in [1.82, 2.24) is 5.32 Å². The van der Waals surface area contributed by atoms with E-state index in [9.17, 15) is 14.9 Å². The highest BCUT2D eigenvalue weighted by atomic mass is 16.6. The van der Waals surface area contributed by atoms with Gasteiger partial charge in [-0.2, -0.15) is 0 Å². The molecule has 0 aliphatic heterocycles. The fourth-order valence-corrected chi connectivity index (χ4v) is 1.28. The van der Waals surface area contributed by atoms with Crippen LogP contribution in [0.5, 0.6) is 0 Å². The van der Waals surface area contributed by atoms with Crippen LogP contribution in [0.2, 0.25) is 0 Å². The van der Waals surface area contributed by atoms with Crippen molar-refractivity contribution in [3.05, 3.63) is 39.4 Å². The van der Waals surface area contributed by atoms with E-state index in [1.54, 1.807) is 20.0 Å². The van der Waals surface area contributed by atoms with Gasteiger partial charge in [-0.3, -0.25) is 14.9 Å². The number of non-ortho nitro benzene ring substituents is 1. The summed E-state index contributed by atoms with van der Waals surface area (Å²) in [6.07, 6.45) is 0. The monoisotopic (exact) mass is 208 g/mol. The first kappa shape index (κ1) is 11.3. The van der Waals surface area contributed by atoms with E-state index in [0.29, 0.717) is 5.56 Å². The maximum atomic E-state index is 11.6. The van der Waals surface area contributed by atoms with Gasteiger partial charge in [0.25, 0.3) is 5.69 Å². The Balaban J connectivity index is 3.10. The Hall–Kier alpha value is -1.75. The summed E-state index contributed by atoms with van der Waals surface area (Å²) in [4.78, 5) is 21.6. The van der Waals surface area contributed by atoms with Crippen LogP contribution in [0.1, 0.15) is 15.9 Å². The molecule has 0 unspecified atom stereocenters. The average molecular weight is 208 g/mol. The van der Waals surface area contributed by atoms with Gasteiger partial charge in [0.1, 0.15) is 0 Å². The molecule has 80 valence electrons. The molecule has 0 radical (unpaired) electrons. The van der Waals surface area contributed by atoms with Crippen LogP contribution in [0.25, 0.3) is 0 Å². The highest BCUT2D eigenvalue weighted by Crippen LogP contribution is 2.17. The Labute approximate surface area is 87.3 Å². The lowest BCUT2D eigenvalue weighted by molar-refractivity contribution is -0.384. The minimum atomic E-state index is -0.504. The number of Topliss-reactive ketones (excluding diaryl/α,β-unsaturated/α-hetero) is 1. The summed E-state index contributed by atoms with van der Waals surface area (Å²) >= 11 is 0. The molecule has 1 aromatic carbocycles. The summed E-state index contributed by atoms with van der Waals surface area (Å²) in [5.74, 6) is -0.140. The fraction of sp³-hybridized carbons (Fsp3) is 0.300. The molecule has 0 fully saturated rings. The van der Waals surface area contributed by atoms with Gasteiger partial charge in [0, 0.05) is 17.7 Å². The summed E-state index contributed by atoms with van der Waals surface area (Å²) in [6.45, 7) is 1.94. The first-order valence-corrected chi connectivity index (χ1v) is 4.49. The van der Waals surface area contributed by atoms with Crippen molar-refractivity contribution in [2.45, 2.75) is 6.92 Å². The number of nitro benzene ring substituents is 1. The van der Waals surface area contributed by atoms with Gasteiger partial charge in [0.05, 0.1) is 11.5 Å². The first-order valence-electron chi connectivity index (χ1n) is 4.49. The molecule has 15 heavy (non-hydrogen) atoms. The molecule has 0 aliphatic carbocycles. The number of carbonyl (C=O) groups is 1. The first-order chi connectivity index (χ1) is 7.06. The smallest absolute Gasteiger partial charge is 0.270 e.